The molecule has 0 saturated heterocycles. The van der Waals surface area contributed by atoms with Gasteiger partial charge in [-0.15, -0.1) is 0 Å². The lowest BCUT2D eigenvalue weighted by atomic mass is 10.1. The molecule has 2 aromatic rings. The van der Waals surface area contributed by atoms with Gasteiger partial charge in [-0.25, -0.2) is 0 Å². The van der Waals surface area contributed by atoms with Crippen LogP contribution in [0, 0.1) is 6.92 Å². The van der Waals surface area contributed by atoms with Gasteiger partial charge in [-0.1, -0.05) is 17.7 Å². The second-order valence-corrected chi connectivity index (χ2v) is 6.16. The van der Waals surface area contributed by atoms with Crippen molar-refractivity contribution in [2.45, 2.75) is 20.0 Å². The molecular formula is C18H17ClF3N3O2. The van der Waals surface area contributed by atoms with Crippen molar-refractivity contribution in [3.05, 3.63) is 52.5 Å². The Morgan fingerprint density at radius 3 is 2.37 bits per heavy atom. The standard InChI is InChI=1S/C18H17ClF3N3O2/c1-10-15(4-3-5-16(10)24-11(2)26)23-9-17(27)25-12-6-7-14(19)13(8-12)18(20,21)22/h3-8,23H,9H2,1-2H3,(H,24,26)(H,25,27). The smallest absolute Gasteiger partial charge is 0.376 e. The van der Waals surface area contributed by atoms with Crippen LogP contribution in [-0.4, -0.2) is 18.4 Å². The summed E-state index contributed by atoms with van der Waals surface area (Å²) in [5.41, 5.74) is 0.909. The Morgan fingerprint density at radius 1 is 1.07 bits per heavy atom. The summed E-state index contributed by atoms with van der Waals surface area (Å²) in [6, 6.07) is 8.29. The van der Waals surface area contributed by atoms with Crippen molar-refractivity contribution in [1.29, 1.82) is 0 Å². The summed E-state index contributed by atoms with van der Waals surface area (Å²) >= 11 is 5.55. The first-order valence-corrected chi connectivity index (χ1v) is 8.23. The summed E-state index contributed by atoms with van der Waals surface area (Å²) in [6.45, 7) is 2.98. The van der Waals surface area contributed by atoms with Crippen LogP contribution in [0.2, 0.25) is 5.02 Å². The molecule has 0 heterocycles. The van der Waals surface area contributed by atoms with E-state index >= 15 is 0 Å². The van der Waals surface area contributed by atoms with E-state index in [1.165, 1.54) is 13.0 Å². The second-order valence-electron chi connectivity index (χ2n) is 5.75. The maximum absolute atomic E-state index is 12.9. The van der Waals surface area contributed by atoms with E-state index in [0.717, 1.165) is 17.7 Å². The molecule has 2 amide bonds. The normalized spacial score (nSPS) is 11.0. The quantitative estimate of drug-likeness (QED) is 0.684. The van der Waals surface area contributed by atoms with Crippen LogP contribution in [-0.2, 0) is 15.8 Å². The molecule has 0 radical (unpaired) electrons. The van der Waals surface area contributed by atoms with Crippen LogP contribution in [0.4, 0.5) is 30.2 Å². The topological polar surface area (TPSA) is 70.2 Å². The highest BCUT2D eigenvalue weighted by Gasteiger charge is 2.33. The van der Waals surface area contributed by atoms with Gasteiger partial charge in [-0.3, -0.25) is 9.59 Å². The number of carbonyl (C=O) groups is 2. The maximum atomic E-state index is 12.9. The predicted octanol–water partition coefficient (Wildman–Crippen LogP) is 4.68. The van der Waals surface area contributed by atoms with E-state index in [2.05, 4.69) is 16.0 Å². The highest BCUT2D eigenvalue weighted by molar-refractivity contribution is 6.31. The SMILES string of the molecule is CC(=O)Nc1cccc(NCC(=O)Nc2ccc(Cl)c(C(F)(F)F)c2)c1C. The highest BCUT2D eigenvalue weighted by Crippen LogP contribution is 2.36. The van der Waals surface area contributed by atoms with Gasteiger partial charge in [0, 0.05) is 24.0 Å². The van der Waals surface area contributed by atoms with Gasteiger partial charge in [-0.2, -0.15) is 13.2 Å². The fourth-order valence-electron chi connectivity index (χ4n) is 2.35. The lowest BCUT2D eigenvalue weighted by Gasteiger charge is -2.14. The van der Waals surface area contributed by atoms with Crippen molar-refractivity contribution < 1.29 is 22.8 Å². The summed E-state index contributed by atoms with van der Waals surface area (Å²) in [6.07, 6.45) is -4.61. The zero-order valence-corrected chi connectivity index (χ0v) is 15.3. The predicted molar refractivity (Wildman–Crippen MR) is 99.1 cm³/mol. The van der Waals surface area contributed by atoms with Crippen LogP contribution in [0.15, 0.2) is 36.4 Å². The van der Waals surface area contributed by atoms with Crippen molar-refractivity contribution in [3.8, 4) is 0 Å². The first kappa shape index (κ1) is 20.6. The summed E-state index contributed by atoms with van der Waals surface area (Å²) in [5, 5.41) is 7.51. The third kappa shape index (κ3) is 5.62. The lowest BCUT2D eigenvalue weighted by Crippen LogP contribution is -2.22. The fourth-order valence-corrected chi connectivity index (χ4v) is 2.58. The average Bonchev–Trinajstić information content (AvgIpc) is 2.56. The number of rotatable bonds is 5. The Balaban J connectivity index is 2.04. The molecule has 0 aliphatic carbocycles. The summed E-state index contributed by atoms with van der Waals surface area (Å²) < 4.78 is 38.6. The molecule has 0 aromatic heterocycles. The fraction of sp³-hybridized carbons (Fsp3) is 0.222. The van der Waals surface area contributed by atoms with E-state index in [4.69, 9.17) is 11.6 Å². The molecule has 0 unspecified atom stereocenters. The van der Waals surface area contributed by atoms with Gasteiger partial charge in [0.15, 0.2) is 0 Å². The third-order valence-corrected chi connectivity index (χ3v) is 3.97. The van der Waals surface area contributed by atoms with Crippen molar-refractivity contribution in [3.63, 3.8) is 0 Å². The molecule has 0 saturated carbocycles. The van der Waals surface area contributed by atoms with Gasteiger partial charge in [0.05, 0.1) is 17.1 Å². The van der Waals surface area contributed by atoms with E-state index in [1.807, 2.05) is 0 Å². The van der Waals surface area contributed by atoms with Gasteiger partial charge in [0.25, 0.3) is 0 Å². The number of benzene rings is 2. The molecule has 144 valence electrons. The molecule has 0 aliphatic rings. The van der Waals surface area contributed by atoms with Crippen LogP contribution in [0.3, 0.4) is 0 Å². The molecule has 0 fully saturated rings. The Hall–Kier alpha value is -2.74. The Bertz CT molecular complexity index is 869. The van der Waals surface area contributed by atoms with Crippen LogP contribution in [0.1, 0.15) is 18.1 Å². The summed E-state index contributed by atoms with van der Waals surface area (Å²) in [5.74, 6) is -0.758. The summed E-state index contributed by atoms with van der Waals surface area (Å²) in [7, 11) is 0. The minimum Gasteiger partial charge on any atom is -0.376 e. The minimum atomic E-state index is -4.61. The Morgan fingerprint density at radius 2 is 1.74 bits per heavy atom. The van der Waals surface area contributed by atoms with Crippen LogP contribution in [0.25, 0.3) is 0 Å². The van der Waals surface area contributed by atoms with Crippen LogP contribution >= 0.6 is 11.6 Å². The Labute approximate surface area is 158 Å². The van der Waals surface area contributed by atoms with Gasteiger partial charge >= 0.3 is 6.18 Å². The molecule has 0 atom stereocenters. The van der Waals surface area contributed by atoms with Crippen molar-refractivity contribution in [2.24, 2.45) is 0 Å². The molecular weight excluding hydrogens is 383 g/mol. The first-order chi connectivity index (χ1) is 12.6. The number of alkyl halides is 3. The molecule has 9 heteroatoms. The first-order valence-electron chi connectivity index (χ1n) is 7.85. The van der Waals surface area contributed by atoms with Crippen molar-refractivity contribution in [2.75, 3.05) is 22.5 Å². The zero-order chi connectivity index (χ0) is 20.2. The molecule has 0 spiro atoms. The lowest BCUT2D eigenvalue weighted by molar-refractivity contribution is -0.137. The van der Waals surface area contributed by atoms with Crippen LogP contribution < -0.4 is 16.0 Å². The highest BCUT2D eigenvalue weighted by atomic mass is 35.5. The largest absolute Gasteiger partial charge is 0.417 e. The number of halogens is 4. The van der Waals surface area contributed by atoms with Crippen molar-refractivity contribution >= 4 is 40.5 Å². The monoisotopic (exact) mass is 399 g/mol. The van der Waals surface area contributed by atoms with E-state index in [-0.39, 0.29) is 18.1 Å². The van der Waals surface area contributed by atoms with Gasteiger partial charge in [-0.05, 0) is 42.8 Å². The van der Waals surface area contributed by atoms with E-state index in [0.29, 0.717) is 11.4 Å². The van der Waals surface area contributed by atoms with Gasteiger partial charge in [0.2, 0.25) is 11.8 Å². The number of carbonyl (C=O) groups excluding carboxylic acids is 2. The van der Waals surface area contributed by atoms with Crippen LogP contribution in [0.5, 0.6) is 0 Å². The number of anilines is 3. The van der Waals surface area contributed by atoms with E-state index in [9.17, 15) is 22.8 Å². The molecule has 3 N–H and O–H groups in total. The number of hydrogen-bond acceptors (Lipinski definition) is 3. The molecule has 5 nitrogen and oxygen atoms in total. The van der Waals surface area contributed by atoms with E-state index < -0.39 is 22.7 Å². The zero-order valence-electron chi connectivity index (χ0n) is 14.5. The molecule has 27 heavy (non-hydrogen) atoms. The van der Waals surface area contributed by atoms with Gasteiger partial charge in [0.1, 0.15) is 0 Å². The molecule has 2 rings (SSSR count). The van der Waals surface area contributed by atoms with E-state index in [1.54, 1.807) is 25.1 Å². The number of amides is 2. The Kier molecular flexibility index (Phi) is 6.32. The second kappa shape index (κ2) is 8.30. The third-order valence-electron chi connectivity index (χ3n) is 3.64. The molecule has 2 aromatic carbocycles. The summed E-state index contributed by atoms with van der Waals surface area (Å²) in [4.78, 5) is 23.2. The minimum absolute atomic E-state index is 0.0118. The number of nitrogens with one attached hydrogen (secondary N) is 3. The maximum Gasteiger partial charge on any atom is 0.417 e. The molecule has 0 aliphatic heterocycles. The molecule has 0 bridgehead atoms. The average molecular weight is 400 g/mol. The number of hydrogen-bond donors (Lipinski definition) is 3. The van der Waals surface area contributed by atoms with Gasteiger partial charge < -0.3 is 16.0 Å². The van der Waals surface area contributed by atoms with Crippen molar-refractivity contribution in [1.82, 2.24) is 0 Å².